The number of rotatable bonds is 12. The summed E-state index contributed by atoms with van der Waals surface area (Å²) in [6.07, 6.45) is 4.89. The quantitative estimate of drug-likeness (QED) is 0.128. The van der Waals surface area contributed by atoms with E-state index in [1.807, 2.05) is 91.0 Å². The van der Waals surface area contributed by atoms with Crippen LogP contribution in [0.1, 0.15) is 28.3 Å². The third-order valence-electron chi connectivity index (χ3n) is 5.83. The molecule has 39 heavy (non-hydrogen) atoms. The van der Waals surface area contributed by atoms with E-state index in [0.29, 0.717) is 18.8 Å². The lowest BCUT2D eigenvalue weighted by molar-refractivity contribution is -0.127. The molecule has 0 aliphatic carbocycles. The van der Waals surface area contributed by atoms with Crippen LogP contribution in [-0.4, -0.2) is 29.6 Å². The van der Waals surface area contributed by atoms with Gasteiger partial charge in [0.1, 0.15) is 17.5 Å². The van der Waals surface area contributed by atoms with E-state index in [4.69, 9.17) is 10.6 Å². The number of carbonyl (C=O) groups is 2. The normalized spacial score (nSPS) is 11.6. The molecule has 9 nitrogen and oxygen atoms in total. The molecule has 9 heteroatoms. The van der Waals surface area contributed by atoms with Gasteiger partial charge in [-0.1, -0.05) is 54.6 Å². The molecule has 4 rings (SSSR count). The third-order valence-corrected chi connectivity index (χ3v) is 5.83. The van der Waals surface area contributed by atoms with Crippen molar-refractivity contribution in [3.8, 4) is 11.5 Å². The summed E-state index contributed by atoms with van der Waals surface area (Å²) in [5.74, 6) is 5.98. The monoisotopic (exact) mass is 522 g/mol. The summed E-state index contributed by atoms with van der Waals surface area (Å²) >= 11 is 0. The maximum atomic E-state index is 13.2. The highest BCUT2D eigenvalue weighted by Gasteiger charge is 2.21. The Kier molecular flexibility index (Phi) is 9.74. The number of carbonyl (C=O) groups excluding carboxylic acids is 2. The van der Waals surface area contributed by atoms with Crippen LogP contribution >= 0.6 is 0 Å². The highest BCUT2D eigenvalue weighted by molar-refractivity contribution is 5.88. The molecule has 0 saturated carbocycles. The highest BCUT2D eigenvalue weighted by Crippen LogP contribution is 2.24. The second-order valence-electron chi connectivity index (χ2n) is 8.67. The molecule has 1 aromatic heterocycles. The van der Waals surface area contributed by atoms with Gasteiger partial charge in [-0.2, -0.15) is 5.10 Å². The summed E-state index contributed by atoms with van der Waals surface area (Å²) in [6.45, 7) is 0.631. The summed E-state index contributed by atoms with van der Waals surface area (Å²) < 4.78 is 5.88. The highest BCUT2D eigenvalue weighted by atomic mass is 16.5. The van der Waals surface area contributed by atoms with Crippen molar-refractivity contribution in [1.29, 1.82) is 0 Å². The Morgan fingerprint density at radius 2 is 1.49 bits per heavy atom. The molecular formula is C30H30N6O3. The predicted octanol–water partition coefficient (Wildman–Crippen LogP) is 3.43. The van der Waals surface area contributed by atoms with Crippen LogP contribution < -0.4 is 26.5 Å². The lowest BCUT2D eigenvalue weighted by Gasteiger charge is -2.19. The first-order chi connectivity index (χ1) is 19.1. The first-order valence-corrected chi connectivity index (χ1v) is 12.4. The number of ether oxygens (including phenoxy) is 1. The van der Waals surface area contributed by atoms with Gasteiger partial charge in [-0.15, -0.1) is 0 Å². The fourth-order valence-corrected chi connectivity index (χ4v) is 3.78. The van der Waals surface area contributed by atoms with Gasteiger partial charge in [-0.05, 0) is 58.7 Å². The van der Waals surface area contributed by atoms with Crippen LogP contribution in [-0.2, 0) is 22.7 Å². The number of nitrogens with one attached hydrogen (secondary N) is 3. The van der Waals surface area contributed by atoms with Crippen LogP contribution in [0.3, 0.4) is 0 Å². The Hall–Kier alpha value is -5.02. The predicted molar refractivity (Wildman–Crippen MR) is 150 cm³/mol. The average Bonchev–Trinajstić information content (AvgIpc) is 2.98. The number of hydrogen-bond acceptors (Lipinski definition) is 7. The molecule has 198 valence electrons. The molecule has 3 aromatic carbocycles. The number of hydrogen-bond donors (Lipinski definition) is 4. The Balaban J connectivity index is 1.41. The van der Waals surface area contributed by atoms with E-state index < -0.39 is 6.04 Å². The molecule has 1 heterocycles. The zero-order chi connectivity index (χ0) is 27.3. The maximum absolute atomic E-state index is 13.2. The first kappa shape index (κ1) is 27.0. The van der Waals surface area contributed by atoms with E-state index in [1.54, 1.807) is 18.6 Å². The lowest BCUT2D eigenvalue weighted by Crippen LogP contribution is -2.42. The zero-order valence-corrected chi connectivity index (χ0v) is 21.3. The van der Waals surface area contributed by atoms with E-state index in [1.165, 1.54) is 0 Å². The second-order valence-corrected chi connectivity index (χ2v) is 8.67. The van der Waals surface area contributed by atoms with Gasteiger partial charge in [0, 0.05) is 25.5 Å². The first-order valence-electron chi connectivity index (χ1n) is 12.4. The standard InChI is InChI=1S/C30H30N6O3/c31-36-20-23-8-6-22(7-9-23)19-34-29(25-10-12-27(13-11-25)39-26-4-2-1-3-5-26)30(38)35-21-28(37)33-18-24-14-16-32-17-15-24/h1-17,20,29,34H,18-19,21,31H2,(H,33,37)(H,35,38). The number of nitrogens with two attached hydrogens (primary N) is 1. The Morgan fingerprint density at radius 1 is 0.821 bits per heavy atom. The van der Waals surface area contributed by atoms with Crippen LogP contribution in [0.15, 0.2) is 108 Å². The lowest BCUT2D eigenvalue weighted by atomic mass is 10.0. The minimum Gasteiger partial charge on any atom is -0.457 e. The van der Waals surface area contributed by atoms with Crippen LogP contribution in [0.2, 0.25) is 0 Å². The topological polar surface area (TPSA) is 131 Å². The van der Waals surface area contributed by atoms with E-state index >= 15 is 0 Å². The van der Waals surface area contributed by atoms with Crippen molar-refractivity contribution in [2.45, 2.75) is 19.1 Å². The fourth-order valence-electron chi connectivity index (χ4n) is 3.78. The molecule has 5 N–H and O–H groups in total. The van der Waals surface area contributed by atoms with Gasteiger partial charge < -0.3 is 21.2 Å². The summed E-state index contributed by atoms with van der Waals surface area (Å²) in [6, 6.07) is 27.3. The Labute approximate surface area is 227 Å². The third kappa shape index (κ3) is 8.51. The molecule has 4 aromatic rings. The van der Waals surface area contributed by atoms with Crippen LogP contribution in [0.25, 0.3) is 0 Å². The minimum atomic E-state index is -0.700. The molecule has 0 aliphatic heterocycles. The SMILES string of the molecule is NN=Cc1ccc(CNC(C(=O)NCC(=O)NCc2ccncc2)c2ccc(Oc3ccccc3)cc2)cc1. The largest absolute Gasteiger partial charge is 0.457 e. The van der Waals surface area contributed by atoms with Gasteiger partial charge in [0.25, 0.3) is 0 Å². The van der Waals surface area contributed by atoms with Gasteiger partial charge in [-0.3, -0.25) is 19.9 Å². The van der Waals surface area contributed by atoms with Crippen LogP contribution in [0.4, 0.5) is 0 Å². The molecule has 1 unspecified atom stereocenters. The molecule has 0 aliphatic rings. The zero-order valence-electron chi connectivity index (χ0n) is 21.3. The molecule has 0 radical (unpaired) electrons. The van der Waals surface area contributed by atoms with Gasteiger partial charge >= 0.3 is 0 Å². The van der Waals surface area contributed by atoms with Crippen LogP contribution in [0, 0.1) is 0 Å². The van der Waals surface area contributed by atoms with Gasteiger partial charge in [0.05, 0.1) is 12.8 Å². The van der Waals surface area contributed by atoms with Crippen molar-refractivity contribution in [1.82, 2.24) is 20.9 Å². The minimum absolute atomic E-state index is 0.148. The molecular weight excluding hydrogens is 492 g/mol. The fraction of sp³-hybridized carbons (Fsp3) is 0.133. The number of benzene rings is 3. The van der Waals surface area contributed by atoms with Crippen molar-refractivity contribution in [3.05, 3.63) is 126 Å². The van der Waals surface area contributed by atoms with E-state index in [0.717, 1.165) is 28.0 Å². The number of pyridine rings is 1. The van der Waals surface area contributed by atoms with Crippen molar-refractivity contribution in [3.63, 3.8) is 0 Å². The average molecular weight is 523 g/mol. The Morgan fingerprint density at radius 3 is 2.18 bits per heavy atom. The van der Waals surface area contributed by atoms with E-state index in [-0.39, 0.29) is 18.4 Å². The van der Waals surface area contributed by atoms with Crippen molar-refractivity contribution >= 4 is 18.0 Å². The smallest absolute Gasteiger partial charge is 0.242 e. The molecule has 0 saturated heterocycles. The van der Waals surface area contributed by atoms with Gasteiger partial charge in [0.15, 0.2) is 0 Å². The molecule has 2 amide bonds. The number of nitrogens with zero attached hydrogens (tertiary/aromatic N) is 2. The van der Waals surface area contributed by atoms with Crippen LogP contribution in [0.5, 0.6) is 11.5 Å². The Bertz CT molecular complexity index is 1360. The molecule has 0 spiro atoms. The number of para-hydroxylation sites is 1. The number of hydrazone groups is 1. The van der Waals surface area contributed by atoms with Crippen molar-refractivity contribution in [2.24, 2.45) is 10.9 Å². The number of aromatic nitrogens is 1. The van der Waals surface area contributed by atoms with Crippen molar-refractivity contribution < 1.29 is 14.3 Å². The van der Waals surface area contributed by atoms with E-state index in [2.05, 4.69) is 26.0 Å². The maximum Gasteiger partial charge on any atom is 0.242 e. The van der Waals surface area contributed by atoms with Gasteiger partial charge in [-0.25, -0.2) is 0 Å². The summed E-state index contributed by atoms with van der Waals surface area (Å²) in [5, 5.41) is 12.4. The molecule has 1 atom stereocenters. The number of amides is 2. The molecule has 0 bridgehead atoms. The van der Waals surface area contributed by atoms with Crippen molar-refractivity contribution in [2.75, 3.05) is 6.54 Å². The summed E-state index contributed by atoms with van der Waals surface area (Å²) in [4.78, 5) is 29.6. The summed E-state index contributed by atoms with van der Waals surface area (Å²) in [7, 11) is 0. The van der Waals surface area contributed by atoms with E-state index in [9.17, 15) is 9.59 Å². The second kappa shape index (κ2) is 14.1. The molecule has 0 fully saturated rings. The summed E-state index contributed by atoms with van der Waals surface area (Å²) in [5.41, 5.74) is 3.51. The van der Waals surface area contributed by atoms with Gasteiger partial charge in [0.2, 0.25) is 11.8 Å².